The van der Waals surface area contributed by atoms with Gasteiger partial charge in [0.05, 0.1) is 11.7 Å². The Hall–Kier alpha value is -2.67. The van der Waals surface area contributed by atoms with E-state index in [1.165, 1.54) is 43.2 Å². The highest BCUT2D eigenvalue weighted by molar-refractivity contribution is 6.00. The zero-order valence-electron chi connectivity index (χ0n) is 23.5. The average molecular weight is 520 g/mol. The molecule has 3 fully saturated rings. The smallest absolute Gasteiger partial charge is 0.246 e. The molecule has 3 heterocycles. The van der Waals surface area contributed by atoms with Crippen molar-refractivity contribution in [2.75, 3.05) is 19.6 Å². The summed E-state index contributed by atoms with van der Waals surface area (Å²) in [6.45, 7) is 8.48. The number of carbonyl (C=O) groups excluding carboxylic acids is 2. The van der Waals surface area contributed by atoms with Crippen molar-refractivity contribution >= 4 is 11.8 Å². The first-order chi connectivity index (χ1) is 18.4. The topological polar surface area (TPSA) is 81.3 Å². The minimum absolute atomic E-state index is 0.0674. The number of benzene rings is 1. The predicted molar refractivity (Wildman–Crippen MR) is 150 cm³/mol. The van der Waals surface area contributed by atoms with Crippen LogP contribution < -0.4 is 5.32 Å². The van der Waals surface area contributed by atoms with E-state index in [1.807, 2.05) is 11.0 Å². The van der Waals surface area contributed by atoms with Crippen LogP contribution in [0.25, 0.3) is 0 Å². The van der Waals surface area contributed by atoms with E-state index in [2.05, 4.69) is 65.5 Å². The number of piperazine rings is 1. The molecule has 7 nitrogen and oxygen atoms in total. The molecule has 2 amide bonds. The van der Waals surface area contributed by atoms with Crippen LogP contribution >= 0.6 is 0 Å². The molecule has 206 valence electrons. The van der Waals surface area contributed by atoms with Crippen LogP contribution in [0, 0.1) is 19.8 Å². The van der Waals surface area contributed by atoms with E-state index in [0.717, 1.165) is 43.7 Å². The number of aromatic amines is 1. The number of nitrogens with zero attached hydrogens (tertiary/aromatic N) is 3. The lowest BCUT2D eigenvalue weighted by atomic mass is 9.78. The number of hydrogen-bond donors (Lipinski definition) is 2. The van der Waals surface area contributed by atoms with Gasteiger partial charge < -0.3 is 10.2 Å². The Balaban J connectivity index is 1.38. The molecule has 3 aliphatic rings. The van der Waals surface area contributed by atoms with E-state index in [4.69, 9.17) is 0 Å². The van der Waals surface area contributed by atoms with Gasteiger partial charge in [-0.25, -0.2) is 0 Å². The van der Waals surface area contributed by atoms with Crippen LogP contribution in [-0.2, 0) is 9.59 Å². The van der Waals surface area contributed by atoms with Crippen molar-refractivity contribution in [1.82, 2.24) is 25.3 Å². The highest BCUT2D eigenvalue weighted by Crippen LogP contribution is 2.40. The number of amides is 2. The molecule has 7 heteroatoms. The van der Waals surface area contributed by atoms with Crippen molar-refractivity contribution in [2.24, 2.45) is 5.92 Å². The molecule has 2 atom stereocenters. The van der Waals surface area contributed by atoms with Gasteiger partial charge in [0, 0.05) is 30.9 Å². The first kappa shape index (κ1) is 26.9. The Bertz CT molecular complexity index is 1080. The summed E-state index contributed by atoms with van der Waals surface area (Å²) in [4.78, 5) is 32.3. The predicted octanol–water partition coefficient (Wildman–Crippen LogP) is 5.05. The number of aromatic nitrogens is 2. The number of aryl methyl sites for hydroxylation is 2. The summed E-state index contributed by atoms with van der Waals surface area (Å²) < 4.78 is 0. The summed E-state index contributed by atoms with van der Waals surface area (Å²) in [7, 11) is 0. The van der Waals surface area contributed by atoms with Crippen LogP contribution in [0.2, 0.25) is 0 Å². The van der Waals surface area contributed by atoms with E-state index in [1.54, 1.807) is 0 Å². The lowest BCUT2D eigenvalue weighted by Crippen LogP contribution is -2.73. The third-order valence-corrected chi connectivity index (χ3v) is 9.40. The van der Waals surface area contributed by atoms with Gasteiger partial charge in [0.25, 0.3) is 0 Å². The number of likely N-dealkylation sites (tertiary alicyclic amines) is 1. The fourth-order valence-electron chi connectivity index (χ4n) is 7.24. The third kappa shape index (κ3) is 5.14. The van der Waals surface area contributed by atoms with Crippen LogP contribution in [-0.4, -0.2) is 63.0 Å². The Morgan fingerprint density at radius 3 is 2.39 bits per heavy atom. The van der Waals surface area contributed by atoms with Crippen molar-refractivity contribution in [3.05, 3.63) is 52.8 Å². The summed E-state index contributed by atoms with van der Waals surface area (Å²) in [6, 6.07) is 10.3. The van der Waals surface area contributed by atoms with Crippen LogP contribution in [0.5, 0.6) is 0 Å². The van der Waals surface area contributed by atoms with E-state index in [9.17, 15) is 9.59 Å². The highest BCUT2D eigenvalue weighted by Gasteiger charge is 2.54. The maximum atomic E-state index is 13.9. The molecule has 1 unspecified atom stereocenters. The zero-order valence-corrected chi connectivity index (χ0v) is 23.5. The minimum atomic E-state index is -0.743. The van der Waals surface area contributed by atoms with Crippen LogP contribution in [0.15, 0.2) is 30.3 Å². The third-order valence-electron chi connectivity index (χ3n) is 9.40. The van der Waals surface area contributed by atoms with Crippen LogP contribution in [0.3, 0.4) is 0 Å². The Labute approximate surface area is 227 Å². The first-order valence-electron chi connectivity index (χ1n) is 14.9. The number of rotatable bonds is 8. The molecule has 2 N–H and O–H groups in total. The van der Waals surface area contributed by atoms with Crippen molar-refractivity contribution in [3.63, 3.8) is 0 Å². The second-order valence-electron chi connectivity index (χ2n) is 11.8. The fourth-order valence-corrected chi connectivity index (χ4v) is 7.24. The maximum Gasteiger partial charge on any atom is 0.246 e. The van der Waals surface area contributed by atoms with Crippen LogP contribution in [0.1, 0.15) is 99.7 Å². The normalized spacial score (nSPS) is 23.6. The van der Waals surface area contributed by atoms with Crippen molar-refractivity contribution in [1.29, 1.82) is 0 Å². The zero-order chi connectivity index (χ0) is 26.7. The SMILES string of the molecule is CCCCN1C(=O)[C@@H](CC2CCCCC2)NC(=O)C12CCN(C(c1ccccc1)c1c(C)n[nH]c1C)CC2. The number of piperidine rings is 1. The Morgan fingerprint density at radius 1 is 1.05 bits per heavy atom. The molecule has 2 aromatic rings. The molecule has 2 aliphatic heterocycles. The summed E-state index contributed by atoms with van der Waals surface area (Å²) in [6.07, 6.45) is 10.2. The monoisotopic (exact) mass is 519 g/mol. The molecule has 5 rings (SSSR count). The van der Waals surface area contributed by atoms with Crippen molar-refractivity contribution in [3.8, 4) is 0 Å². The summed E-state index contributed by atoms with van der Waals surface area (Å²) in [5.41, 5.74) is 3.80. The Morgan fingerprint density at radius 2 is 1.76 bits per heavy atom. The van der Waals surface area contributed by atoms with Gasteiger partial charge in [-0.2, -0.15) is 5.10 Å². The lowest BCUT2D eigenvalue weighted by Gasteiger charge is -2.53. The van der Waals surface area contributed by atoms with Crippen molar-refractivity contribution in [2.45, 2.75) is 103 Å². The summed E-state index contributed by atoms with van der Waals surface area (Å²) >= 11 is 0. The van der Waals surface area contributed by atoms with Crippen molar-refractivity contribution < 1.29 is 9.59 Å². The van der Waals surface area contributed by atoms with Gasteiger partial charge in [0.1, 0.15) is 11.6 Å². The minimum Gasteiger partial charge on any atom is -0.342 e. The lowest BCUT2D eigenvalue weighted by molar-refractivity contribution is -0.162. The molecule has 1 aromatic heterocycles. The van der Waals surface area contributed by atoms with Gasteiger partial charge in [-0.1, -0.05) is 75.8 Å². The average Bonchev–Trinajstić information content (AvgIpc) is 3.27. The number of nitrogens with one attached hydrogen (secondary N) is 2. The van der Waals surface area contributed by atoms with E-state index in [0.29, 0.717) is 25.3 Å². The molecule has 1 spiro atoms. The number of unbranched alkanes of at least 4 members (excludes halogenated alkanes) is 1. The summed E-state index contributed by atoms with van der Waals surface area (Å²) in [5, 5.41) is 10.9. The molecule has 38 heavy (non-hydrogen) atoms. The highest BCUT2D eigenvalue weighted by atomic mass is 16.2. The molecular formula is C31H45N5O2. The first-order valence-corrected chi connectivity index (χ1v) is 14.9. The second kappa shape index (κ2) is 11.6. The quantitative estimate of drug-likeness (QED) is 0.512. The van der Waals surface area contributed by atoms with E-state index in [-0.39, 0.29) is 23.9 Å². The molecular weight excluding hydrogens is 474 g/mol. The van der Waals surface area contributed by atoms with Gasteiger partial charge in [0.15, 0.2) is 0 Å². The van der Waals surface area contributed by atoms with Gasteiger partial charge in [-0.15, -0.1) is 0 Å². The van der Waals surface area contributed by atoms with Gasteiger partial charge in [0.2, 0.25) is 11.8 Å². The molecule has 0 bridgehead atoms. The maximum absolute atomic E-state index is 13.9. The Kier molecular flexibility index (Phi) is 8.22. The fraction of sp³-hybridized carbons (Fsp3) is 0.645. The molecule has 0 radical (unpaired) electrons. The van der Waals surface area contributed by atoms with Gasteiger partial charge in [-0.05, 0) is 51.0 Å². The molecule has 1 saturated carbocycles. The molecule has 1 aliphatic carbocycles. The largest absolute Gasteiger partial charge is 0.342 e. The molecule has 1 aromatic carbocycles. The van der Waals surface area contributed by atoms with Gasteiger partial charge >= 0.3 is 0 Å². The number of H-pyrrole nitrogens is 1. The van der Waals surface area contributed by atoms with Crippen LogP contribution in [0.4, 0.5) is 0 Å². The van der Waals surface area contributed by atoms with E-state index < -0.39 is 5.54 Å². The standard InChI is InChI=1S/C31H45N5O2/c1-4-5-18-36-29(37)26(21-24-12-8-6-9-13-24)32-30(38)31(36)16-19-35(20-17-31)28(25-14-10-7-11-15-25)27-22(2)33-34-23(27)3/h7,10-11,14-15,24,26,28H,4-6,8-9,12-13,16-21H2,1-3H3,(H,32,38)(H,33,34)/t26-,28?/m1/s1. The summed E-state index contributed by atoms with van der Waals surface area (Å²) in [5.74, 6) is 0.772. The van der Waals surface area contributed by atoms with E-state index >= 15 is 0 Å². The van der Waals surface area contributed by atoms with Gasteiger partial charge in [-0.3, -0.25) is 19.6 Å². The molecule has 2 saturated heterocycles. The number of carbonyl (C=O) groups is 2. The number of hydrogen-bond acceptors (Lipinski definition) is 4. The second-order valence-corrected chi connectivity index (χ2v) is 11.8.